The molecular weight excluding hydrogens is 262 g/mol. The number of rotatable bonds is 9. The predicted molar refractivity (Wildman–Crippen MR) is 80.0 cm³/mol. The first kappa shape index (κ1) is 16.0. The van der Waals surface area contributed by atoms with E-state index in [1.165, 1.54) is 0 Å². The second-order valence-electron chi connectivity index (χ2n) is 4.54. The van der Waals surface area contributed by atoms with Crippen LogP contribution in [0.3, 0.4) is 0 Å². The van der Waals surface area contributed by atoms with Gasteiger partial charge in [-0.25, -0.2) is 4.98 Å². The van der Waals surface area contributed by atoms with E-state index in [0.717, 1.165) is 19.3 Å². The molecule has 4 nitrogen and oxygen atoms in total. The highest BCUT2D eigenvalue weighted by molar-refractivity contribution is 6.21. The Labute approximate surface area is 120 Å². The lowest BCUT2D eigenvalue weighted by molar-refractivity contribution is 0.305. The van der Waals surface area contributed by atoms with E-state index in [-0.39, 0.29) is 5.38 Å². The number of ether oxygens (including phenoxy) is 1. The van der Waals surface area contributed by atoms with E-state index in [1.54, 1.807) is 12.3 Å². The maximum atomic E-state index is 6.37. The molecule has 1 unspecified atom stereocenters. The smallest absolute Gasteiger partial charge is 0.225 e. The first-order valence-electron chi connectivity index (χ1n) is 7.04. The van der Waals surface area contributed by atoms with Crippen molar-refractivity contribution < 1.29 is 4.74 Å². The molecule has 0 bridgehead atoms. The van der Waals surface area contributed by atoms with Crippen LogP contribution in [0, 0.1) is 5.92 Å². The molecular formula is C14H24ClN3O. The van der Waals surface area contributed by atoms with E-state index in [4.69, 9.17) is 16.3 Å². The average Bonchev–Trinajstić information content (AvgIpc) is 2.44. The van der Waals surface area contributed by atoms with E-state index >= 15 is 0 Å². The molecule has 1 aromatic rings. The van der Waals surface area contributed by atoms with Gasteiger partial charge in [0.05, 0.1) is 12.0 Å². The van der Waals surface area contributed by atoms with Gasteiger partial charge in [0.1, 0.15) is 0 Å². The second kappa shape index (κ2) is 8.97. The van der Waals surface area contributed by atoms with E-state index in [0.29, 0.717) is 30.9 Å². The quantitative estimate of drug-likeness (QED) is 0.703. The van der Waals surface area contributed by atoms with Crippen molar-refractivity contribution in [1.82, 2.24) is 9.97 Å². The van der Waals surface area contributed by atoms with E-state index in [9.17, 15) is 0 Å². The normalized spacial score (nSPS) is 12.5. The Morgan fingerprint density at radius 2 is 2.05 bits per heavy atom. The number of halogens is 1. The summed E-state index contributed by atoms with van der Waals surface area (Å²) in [5.41, 5.74) is 0. The fourth-order valence-corrected chi connectivity index (χ4v) is 2.30. The highest BCUT2D eigenvalue weighted by Crippen LogP contribution is 2.19. The molecule has 1 N–H and O–H groups in total. The molecule has 0 aliphatic heterocycles. The van der Waals surface area contributed by atoms with Crippen LogP contribution in [-0.4, -0.2) is 28.5 Å². The molecule has 0 aliphatic carbocycles. The van der Waals surface area contributed by atoms with Crippen LogP contribution >= 0.6 is 11.6 Å². The Morgan fingerprint density at radius 3 is 2.68 bits per heavy atom. The zero-order valence-corrected chi connectivity index (χ0v) is 12.8. The van der Waals surface area contributed by atoms with Crippen molar-refractivity contribution in [3.63, 3.8) is 0 Å². The molecule has 0 aromatic carbocycles. The molecule has 19 heavy (non-hydrogen) atoms. The number of nitrogens with zero attached hydrogens (tertiary/aromatic N) is 2. The Kier molecular flexibility index (Phi) is 7.56. The van der Waals surface area contributed by atoms with Gasteiger partial charge < -0.3 is 10.1 Å². The van der Waals surface area contributed by atoms with Crippen molar-refractivity contribution in [3.05, 3.63) is 12.3 Å². The summed E-state index contributed by atoms with van der Waals surface area (Å²) in [7, 11) is 0. The first-order valence-corrected chi connectivity index (χ1v) is 7.48. The van der Waals surface area contributed by atoms with Crippen molar-refractivity contribution in [1.29, 1.82) is 0 Å². The SMILES string of the molecule is CCCOc1ccnc(NCC(Cl)C(CC)CC)n1. The summed E-state index contributed by atoms with van der Waals surface area (Å²) in [6, 6.07) is 1.76. The van der Waals surface area contributed by atoms with E-state index in [1.807, 2.05) is 0 Å². The summed E-state index contributed by atoms with van der Waals surface area (Å²) in [4.78, 5) is 8.46. The lowest BCUT2D eigenvalue weighted by Crippen LogP contribution is -2.23. The number of anilines is 1. The van der Waals surface area contributed by atoms with E-state index < -0.39 is 0 Å². The minimum atomic E-state index is 0.0961. The summed E-state index contributed by atoms with van der Waals surface area (Å²) in [5, 5.41) is 3.27. The fourth-order valence-electron chi connectivity index (χ4n) is 1.87. The highest BCUT2D eigenvalue weighted by Gasteiger charge is 2.15. The Morgan fingerprint density at radius 1 is 1.32 bits per heavy atom. The molecule has 1 aromatic heterocycles. The van der Waals surface area contributed by atoms with Crippen LogP contribution in [0.2, 0.25) is 0 Å². The maximum absolute atomic E-state index is 6.37. The van der Waals surface area contributed by atoms with Crippen LogP contribution in [0.5, 0.6) is 5.88 Å². The third kappa shape index (κ3) is 5.64. The van der Waals surface area contributed by atoms with Crippen LogP contribution in [0.1, 0.15) is 40.0 Å². The van der Waals surface area contributed by atoms with Crippen molar-refractivity contribution in [2.45, 2.75) is 45.4 Å². The van der Waals surface area contributed by atoms with Crippen LogP contribution in [0.15, 0.2) is 12.3 Å². The summed E-state index contributed by atoms with van der Waals surface area (Å²) < 4.78 is 5.47. The van der Waals surface area contributed by atoms with Crippen LogP contribution < -0.4 is 10.1 Å². The number of alkyl halides is 1. The first-order chi connectivity index (χ1) is 9.21. The molecule has 0 radical (unpaired) electrons. The van der Waals surface area contributed by atoms with Gasteiger partial charge >= 0.3 is 0 Å². The second-order valence-corrected chi connectivity index (χ2v) is 5.10. The van der Waals surface area contributed by atoms with Gasteiger partial charge in [-0.2, -0.15) is 4.98 Å². The topological polar surface area (TPSA) is 47.0 Å². The summed E-state index contributed by atoms with van der Waals surface area (Å²) >= 11 is 6.37. The lowest BCUT2D eigenvalue weighted by Gasteiger charge is -2.19. The predicted octanol–water partition coefficient (Wildman–Crippen LogP) is 3.72. The molecule has 108 valence electrons. The van der Waals surface area contributed by atoms with Crippen molar-refractivity contribution in [3.8, 4) is 5.88 Å². The zero-order chi connectivity index (χ0) is 14.1. The molecule has 0 saturated heterocycles. The summed E-state index contributed by atoms with van der Waals surface area (Å²) in [5.74, 6) is 1.70. The third-order valence-electron chi connectivity index (χ3n) is 3.10. The molecule has 0 aliphatic rings. The highest BCUT2D eigenvalue weighted by atomic mass is 35.5. The zero-order valence-electron chi connectivity index (χ0n) is 12.0. The monoisotopic (exact) mass is 285 g/mol. The molecule has 1 atom stereocenters. The summed E-state index contributed by atoms with van der Waals surface area (Å²) in [6.45, 7) is 7.74. The third-order valence-corrected chi connectivity index (χ3v) is 3.61. The van der Waals surface area contributed by atoms with Crippen molar-refractivity contribution in [2.75, 3.05) is 18.5 Å². The van der Waals surface area contributed by atoms with Crippen molar-refractivity contribution in [2.24, 2.45) is 5.92 Å². The number of hydrogen-bond acceptors (Lipinski definition) is 4. The minimum Gasteiger partial charge on any atom is -0.478 e. The summed E-state index contributed by atoms with van der Waals surface area (Å²) in [6.07, 6.45) is 4.84. The van der Waals surface area contributed by atoms with Crippen molar-refractivity contribution >= 4 is 17.5 Å². The fraction of sp³-hybridized carbons (Fsp3) is 0.714. The van der Waals surface area contributed by atoms with Gasteiger partial charge in [-0.15, -0.1) is 11.6 Å². The molecule has 0 saturated carbocycles. The molecule has 5 heteroatoms. The van der Waals surface area contributed by atoms with Gasteiger partial charge in [-0.3, -0.25) is 0 Å². The number of nitrogens with one attached hydrogen (secondary N) is 1. The maximum Gasteiger partial charge on any atom is 0.225 e. The largest absolute Gasteiger partial charge is 0.478 e. The van der Waals surface area contributed by atoms with Gasteiger partial charge in [0.2, 0.25) is 11.8 Å². The molecule has 1 heterocycles. The van der Waals surface area contributed by atoms with E-state index in [2.05, 4.69) is 36.1 Å². The molecule has 1 rings (SSSR count). The van der Waals surface area contributed by atoms with Gasteiger partial charge in [0, 0.05) is 18.8 Å². The average molecular weight is 286 g/mol. The molecule has 0 fully saturated rings. The van der Waals surface area contributed by atoms with Crippen LogP contribution in [0.4, 0.5) is 5.95 Å². The van der Waals surface area contributed by atoms with Crippen LogP contribution in [0.25, 0.3) is 0 Å². The molecule has 0 spiro atoms. The standard InChI is InChI=1S/C14H24ClN3O/c1-4-9-19-13-7-8-16-14(18-13)17-10-12(15)11(5-2)6-3/h7-8,11-12H,4-6,9-10H2,1-3H3,(H,16,17,18). The lowest BCUT2D eigenvalue weighted by atomic mass is 9.99. The Hall–Kier alpha value is -1.03. The van der Waals surface area contributed by atoms with Gasteiger partial charge in [-0.05, 0) is 12.3 Å². The number of hydrogen-bond donors (Lipinski definition) is 1. The van der Waals surface area contributed by atoms with Gasteiger partial charge in [-0.1, -0.05) is 33.6 Å². The minimum absolute atomic E-state index is 0.0961. The van der Waals surface area contributed by atoms with Gasteiger partial charge in [0.25, 0.3) is 0 Å². The van der Waals surface area contributed by atoms with Crippen LogP contribution in [-0.2, 0) is 0 Å². The van der Waals surface area contributed by atoms with Gasteiger partial charge in [0.15, 0.2) is 0 Å². The number of aromatic nitrogens is 2. The Bertz CT molecular complexity index is 358. The molecule has 0 amide bonds. The Balaban J connectivity index is 2.48.